The Bertz CT molecular complexity index is 651. The molecule has 1 amide bonds. The van der Waals surface area contributed by atoms with Crippen molar-refractivity contribution >= 4 is 5.91 Å². The van der Waals surface area contributed by atoms with E-state index >= 15 is 0 Å². The second-order valence-electron chi connectivity index (χ2n) is 5.72. The highest BCUT2D eigenvalue weighted by Gasteiger charge is 2.25. The van der Waals surface area contributed by atoms with Gasteiger partial charge in [-0.1, -0.05) is 13.8 Å². The molecule has 3 rings (SSSR count). The summed E-state index contributed by atoms with van der Waals surface area (Å²) in [5, 5.41) is 0. The predicted octanol–water partition coefficient (Wildman–Crippen LogP) is 1.86. The molecule has 0 N–H and O–H groups in total. The Kier molecular flexibility index (Phi) is 4.09. The molecule has 0 radical (unpaired) electrons. The molecule has 0 fully saturated rings. The third-order valence-corrected chi connectivity index (χ3v) is 3.80. The van der Waals surface area contributed by atoms with Crippen molar-refractivity contribution in [2.45, 2.75) is 33.5 Å². The largest absolute Gasteiger partial charge is 0.486 e. The van der Waals surface area contributed by atoms with E-state index in [2.05, 4.69) is 14.5 Å². The molecular weight excluding hydrogens is 280 g/mol. The van der Waals surface area contributed by atoms with Gasteiger partial charge in [-0.2, -0.15) is 0 Å². The Morgan fingerprint density at radius 1 is 1.41 bits per heavy atom. The lowest BCUT2D eigenvalue weighted by atomic mass is 10.1. The minimum Gasteiger partial charge on any atom is -0.486 e. The summed E-state index contributed by atoms with van der Waals surface area (Å²) < 4.78 is 7.82. The maximum absolute atomic E-state index is 12.2. The lowest BCUT2D eigenvalue weighted by Gasteiger charge is -2.30. The van der Waals surface area contributed by atoms with E-state index in [1.165, 1.54) is 0 Å². The number of carbonyl (C=O) groups excluding carboxylic acids is 1. The highest BCUT2D eigenvalue weighted by Crippen LogP contribution is 2.19. The molecule has 0 spiro atoms. The minimum atomic E-state index is 0.0181. The van der Waals surface area contributed by atoms with Gasteiger partial charge in [0.1, 0.15) is 18.1 Å². The molecule has 2 aromatic heterocycles. The lowest BCUT2D eigenvalue weighted by molar-refractivity contribution is -0.135. The molecule has 0 atom stereocenters. The first-order valence-corrected chi connectivity index (χ1v) is 7.49. The zero-order chi connectivity index (χ0) is 15.5. The van der Waals surface area contributed by atoms with Crippen molar-refractivity contribution in [1.82, 2.24) is 19.4 Å². The van der Waals surface area contributed by atoms with E-state index in [-0.39, 0.29) is 11.8 Å². The number of aromatic nitrogens is 3. The molecule has 0 aromatic carbocycles. The number of hydrogen-bond acceptors (Lipinski definition) is 4. The molecule has 116 valence electrons. The van der Waals surface area contributed by atoms with E-state index in [4.69, 9.17) is 4.74 Å². The van der Waals surface area contributed by atoms with Crippen LogP contribution >= 0.6 is 0 Å². The van der Waals surface area contributed by atoms with Crippen LogP contribution < -0.4 is 4.74 Å². The first kappa shape index (κ1) is 14.6. The number of amides is 1. The monoisotopic (exact) mass is 300 g/mol. The number of rotatable bonds is 4. The molecule has 0 unspecified atom stereocenters. The quantitative estimate of drug-likeness (QED) is 0.864. The molecule has 0 saturated heterocycles. The van der Waals surface area contributed by atoms with Crippen LogP contribution in [-0.2, 0) is 24.5 Å². The predicted molar refractivity (Wildman–Crippen MR) is 81.1 cm³/mol. The average Bonchev–Trinajstić information content (AvgIpc) is 2.95. The number of hydrogen-bond donors (Lipinski definition) is 0. The van der Waals surface area contributed by atoms with Crippen molar-refractivity contribution < 1.29 is 9.53 Å². The van der Waals surface area contributed by atoms with Crippen LogP contribution in [0.3, 0.4) is 0 Å². The second-order valence-corrected chi connectivity index (χ2v) is 5.72. The van der Waals surface area contributed by atoms with E-state index in [1.807, 2.05) is 37.2 Å². The van der Waals surface area contributed by atoms with Crippen LogP contribution in [0.2, 0.25) is 0 Å². The molecule has 6 nitrogen and oxygen atoms in total. The Labute approximate surface area is 129 Å². The molecule has 6 heteroatoms. The normalized spacial score (nSPS) is 14.0. The summed E-state index contributed by atoms with van der Waals surface area (Å²) in [5.41, 5.74) is 1.94. The number of imidazole rings is 1. The van der Waals surface area contributed by atoms with Gasteiger partial charge in [0.05, 0.1) is 24.8 Å². The summed E-state index contributed by atoms with van der Waals surface area (Å²) in [6, 6.07) is 3.70. The van der Waals surface area contributed by atoms with Crippen molar-refractivity contribution in [2.24, 2.45) is 5.92 Å². The maximum atomic E-state index is 12.2. The highest BCUT2D eigenvalue weighted by atomic mass is 16.5. The van der Waals surface area contributed by atoms with Crippen LogP contribution in [0, 0.1) is 5.92 Å². The molecule has 1 aliphatic rings. The van der Waals surface area contributed by atoms with Crippen LogP contribution in [0.25, 0.3) is 0 Å². The van der Waals surface area contributed by atoms with Crippen LogP contribution in [0.5, 0.6) is 5.75 Å². The lowest BCUT2D eigenvalue weighted by Crippen LogP contribution is -2.40. The fourth-order valence-corrected chi connectivity index (χ4v) is 2.57. The standard InChI is InChI=1S/C16H20N4O2/c1-12(2)16(21)19-6-7-20-11-18-14(15(20)9-19)10-22-13-4-3-5-17-8-13/h3-5,8,11-12H,6-7,9-10H2,1-2H3. The van der Waals surface area contributed by atoms with Crippen LogP contribution in [0.4, 0.5) is 0 Å². The summed E-state index contributed by atoms with van der Waals surface area (Å²) >= 11 is 0. The van der Waals surface area contributed by atoms with E-state index in [0.29, 0.717) is 13.2 Å². The maximum Gasteiger partial charge on any atom is 0.225 e. The molecule has 0 saturated carbocycles. The molecule has 0 bridgehead atoms. The molecule has 0 aliphatic carbocycles. The van der Waals surface area contributed by atoms with E-state index in [1.54, 1.807) is 12.4 Å². The van der Waals surface area contributed by atoms with Crippen molar-refractivity contribution in [3.05, 3.63) is 42.2 Å². The van der Waals surface area contributed by atoms with Gasteiger partial charge in [-0.25, -0.2) is 4.98 Å². The second kappa shape index (κ2) is 6.17. The van der Waals surface area contributed by atoms with Gasteiger partial charge in [0, 0.05) is 25.2 Å². The Balaban J connectivity index is 1.71. The van der Waals surface area contributed by atoms with Gasteiger partial charge >= 0.3 is 0 Å². The van der Waals surface area contributed by atoms with Crippen LogP contribution in [0.1, 0.15) is 25.2 Å². The van der Waals surface area contributed by atoms with Gasteiger partial charge in [0.25, 0.3) is 0 Å². The number of pyridine rings is 1. The summed E-state index contributed by atoms with van der Waals surface area (Å²) in [7, 11) is 0. The smallest absolute Gasteiger partial charge is 0.225 e. The number of fused-ring (bicyclic) bond motifs is 1. The van der Waals surface area contributed by atoms with Crippen molar-refractivity contribution in [3.63, 3.8) is 0 Å². The molecule has 3 heterocycles. The number of carbonyl (C=O) groups is 1. The Morgan fingerprint density at radius 3 is 3.00 bits per heavy atom. The summed E-state index contributed by atoms with van der Waals surface area (Å²) in [5.74, 6) is 0.923. The van der Waals surface area contributed by atoms with Gasteiger partial charge < -0.3 is 14.2 Å². The van der Waals surface area contributed by atoms with Gasteiger partial charge in [-0.3, -0.25) is 9.78 Å². The van der Waals surface area contributed by atoms with E-state index < -0.39 is 0 Å². The zero-order valence-corrected chi connectivity index (χ0v) is 12.9. The molecular formula is C16H20N4O2. The Hall–Kier alpha value is -2.37. The fraction of sp³-hybridized carbons (Fsp3) is 0.438. The number of ether oxygens (including phenoxy) is 1. The molecule has 22 heavy (non-hydrogen) atoms. The highest BCUT2D eigenvalue weighted by molar-refractivity contribution is 5.78. The van der Waals surface area contributed by atoms with Crippen molar-refractivity contribution in [3.8, 4) is 5.75 Å². The van der Waals surface area contributed by atoms with Crippen molar-refractivity contribution in [1.29, 1.82) is 0 Å². The third-order valence-electron chi connectivity index (χ3n) is 3.80. The summed E-state index contributed by atoms with van der Waals surface area (Å²) in [6.45, 7) is 6.37. The van der Waals surface area contributed by atoms with E-state index in [9.17, 15) is 4.79 Å². The van der Waals surface area contributed by atoms with Gasteiger partial charge in [-0.15, -0.1) is 0 Å². The van der Waals surface area contributed by atoms with E-state index in [0.717, 1.165) is 30.2 Å². The minimum absolute atomic E-state index is 0.0181. The van der Waals surface area contributed by atoms with Gasteiger partial charge in [0.2, 0.25) is 5.91 Å². The SMILES string of the molecule is CC(C)C(=O)N1CCn2cnc(COc3cccnc3)c2C1. The number of nitrogens with zero attached hydrogens (tertiary/aromatic N) is 4. The fourth-order valence-electron chi connectivity index (χ4n) is 2.57. The van der Waals surface area contributed by atoms with Crippen LogP contribution in [-0.4, -0.2) is 31.9 Å². The third kappa shape index (κ3) is 2.95. The summed E-state index contributed by atoms with van der Waals surface area (Å²) in [6.07, 6.45) is 5.21. The first-order chi connectivity index (χ1) is 10.6. The summed E-state index contributed by atoms with van der Waals surface area (Å²) in [4.78, 5) is 22.5. The average molecular weight is 300 g/mol. The molecule has 1 aliphatic heterocycles. The molecule has 2 aromatic rings. The first-order valence-electron chi connectivity index (χ1n) is 7.49. The van der Waals surface area contributed by atoms with Crippen molar-refractivity contribution in [2.75, 3.05) is 6.54 Å². The Morgan fingerprint density at radius 2 is 2.27 bits per heavy atom. The zero-order valence-electron chi connectivity index (χ0n) is 12.9. The van der Waals surface area contributed by atoms with Gasteiger partial charge in [0.15, 0.2) is 0 Å². The van der Waals surface area contributed by atoms with Gasteiger partial charge in [-0.05, 0) is 12.1 Å². The van der Waals surface area contributed by atoms with Crippen LogP contribution in [0.15, 0.2) is 30.9 Å². The topological polar surface area (TPSA) is 60.2 Å².